The molecular weight excluding hydrogens is 475 g/mol. The maximum absolute atomic E-state index is 14.8. The van der Waals surface area contributed by atoms with Gasteiger partial charge in [0.25, 0.3) is 5.91 Å². The number of hydrogen-bond acceptors (Lipinski definition) is 5. The van der Waals surface area contributed by atoms with Crippen molar-refractivity contribution in [1.82, 2.24) is 20.0 Å². The SMILES string of the molecule is CCOC(=O)C1=C(CN2CCN(C(=O)c3ccccc3)[C@H](C)C2)N(CC)C(=O)N[C@@H]1c1ccccc1F. The third-order valence-corrected chi connectivity index (χ3v) is 6.83. The molecule has 2 aromatic rings. The van der Waals surface area contributed by atoms with Crippen LogP contribution in [0.15, 0.2) is 65.9 Å². The van der Waals surface area contributed by atoms with E-state index in [9.17, 15) is 18.8 Å². The molecule has 1 fully saturated rings. The van der Waals surface area contributed by atoms with Crippen molar-refractivity contribution in [3.63, 3.8) is 0 Å². The summed E-state index contributed by atoms with van der Waals surface area (Å²) in [6.07, 6.45) is 0. The molecule has 0 spiro atoms. The molecule has 1 N–H and O–H groups in total. The molecule has 1 saturated heterocycles. The summed E-state index contributed by atoms with van der Waals surface area (Å²) in [7, 11) is 0. The second-order valence-corrected chi connectivity index (χ2v) is 9.18. The van der Waals surface area contributed by atoms with Crippen LogP contribution < -0.4 is 5.32 Å². The van der Waals surface area contributed by atoms with E-state index in [0.717, 1.165) is 0 Å². The molecule has 3 amide bonds. The van der Waals surface area contributed by atoms with Crippen LogP contribution in [0.3, 0.4) is 0 Å². The van der Waals surface area contributed by atoms with Crippen molar-refractivity contribution in [2.45, 2.75) is 32.9 Å². The van der Waals surface area contributed by atoms with E-state index in [-0.39, 0.29) is 36.2 Å². The van der Waals surface area contributed by atoms with Crippen molar-refractivity contribution in [2.75, 3.05) is 39.3 Å². The molecule has 8 nitrogen and oxygen atoms in total. The molecule has 196 valence electrons. The number of esters is 1. The van der Waals surface area contributed by atoms with Crippen LogP contribution in [0, 0.1) is 5.82 Å². The molecule has 2 heterocycles. The Bertz CT molecular complexity index is 1190. The Labute approximate surface area is 216 Å². The van der Waals surface area contributed by atoms with E-state index in [1.54, 1.807) is 37.3 Å². The Morgan fingerprint density at radius 3 is 2.41 bits per heavy atom. The molecule has 9 heteroatoms. The highest BCUT2D eigenvalue weighted by Crippen LogP contribution is 2.33. The minimum atomic E-state index is -0.969. The standard InChI is InChI=1S/C28H33FN4O4/c1-4-32-23(18-31-15-16-33(19(3)17-31)26(34)20-11-7-6-8-12-20)24(27(35)37-5-2)25(30-28(32)36)21-13-9-10-14-22(21)29/h6-14,19,25H,4-5,15-18H2,1-3H3,(H,30,36)/t19-,25-/m1/s1. The van der Waals surface area contributed by atoms with Gasteiger partial charge in [0.2, 0.25) is 0 Å². The summed E-state index contributed by atoms with van der Waals surface area (Å²) in [6.45, 7) is 7.91. The summed E-state index contributed by atoms with van der Waals surface area (Å²) < 4.78 is 20.2. The van der Waals surface area contributed by atoms with Gasteiger partial charge in [-0.15, -0.1) is 0 Å². The first-order chi connectivity index (χ1) is 17.8. The number of likely N-dealkylation sites (N-methyl/N-ethyl adjacent to an activating group) is 1. The monoisotopic (exact) mass is 508 g/mol. The van der Waals surface area contributed by atoms with E-state index in [2.05, 4.69) is 10.2 Å². The highest BCUT2D eigenvalue weighted by molar-refractivity contribution is 5.95. The topological polar surface area (TPSA) is 82.2 Å². The van der Waals surface area contributed by atoms with E-state index in [1.807, 2.05) is 36.9 Å². The van der Waals surface area contributed by atoms with Gasteiger partial charge in [0.1, 0.15) is 5.82 Å². The summed E-state index contributed by atoms with van der Waals surface area (Å²) in [5, 5.41) is 2.80. The summed E-state index contributed by atoms with van der Waals surface area (Å²) in [5.41, 5.74) is 1.57. The van der Waals surface area contributed by atoms with Gasteiger partial charge in [-0.05, 0) is 39.0 Å². The number of piperazine rings is 1. The van der Waals surface area contributed by atoms with Gasteiger partial charge in [-0.3, -0.25) is 14.6 Å². The van der Waals surface area contributed by atoms with E-state index in [4.69, 9.17) is 4.74 Å². The molecule has 0 saturated carbocycles. The van der Waals surface area contributed by atoms with E-state index < -0.39 is 23.9 Å². The molecule has 2 aromatic carbocycles. The van der Waals surface area contributed by atoms with Gasteiger partial charge in [-0.2, -0.15) is 0 Å². The fraction of sp³-hybridized carbons (Fsp3) is 0.393. The second kappa shape index (κ2) is 11.6. The van der Waals surface area contributed by atoms with Crippen molar-refractivity contribution in [2.24, 2.45) is 0 Å². The molecular formula is C28H33FN4O4. The second-order valence-electron chi connectivity index (χ2n) is 9.18. The number of benzene rings is 2. The fourth-order valence-electron chi connectivity index (χ4n) is 5.04. The normalized spacial score (nSPS) is 20.6. The third-order valence-electron chi connectivity index (χ3n) is 6.83. The predicted molar refractivity (Wildman–Crippen MR) is 137 cm³/mol. The lowest BCUT2D eigenvalue weighted by atomic mass is 9.93. The number of amides is 3. The van der Waals surface area contributed by atoms with Gasteiger partial charge in [0.05, 0.1) is 18.2 Å². The Kier molecular flexibility index (Phi) is 8.23. The maximum Gasteiger partial charge on any atom is 0.338 e. The molecule has 0 radical (unpaired) electrons. The van der Waals surface area contributed by atoms with Gasteiger partial charge in [0, 0.05) is 55.6 Å². The van der Waals surface area contributed by atoms with Crippen LogP contribution in [-0.2, 0) is 9.53 Å². The summed E-state index contributed by atoms with van der Waals surface area (Å²) in [5.74, 6) is -1.12. The zero-order chi connectivity index (χ0) is 26.5. The Hall–Kier alpha value is -3.72. The Morgan fingerprint density at radius 1 is 1.05 bits per heavy atom. The number of halogens is 1. The molecule has 37 heavy (non-hydrogen) atoms. The molecule has 2 atom stereocenters. The number of carbonyl (C=O) groups is 3. The average Bonchev–Trinajstić information content (AvgIpc) is 2.89. The predicted octanol–water partition coefficient (Wildman–Crippen LogP) is 3.58. The highest BCUT2D eigenvalue weighted by Gasteiger charge is 2.40. The maximum atomic E-state index is 14.8. The zero-order valence-corrected chi connectivity index (χ0v) is 21.4. The van der Waals surface area contributed by atoms with Gasteiger partial charge in [0.15, 0.2) is 0 Å². The van der Waals surface area contributed by atoms with E-state index in [0.29, 0.717) is 37.4 Å². The highest BCUT2D eigenvalue weighted by atomic mass is 19.1. The quantitative estimate of drug-likeness (QED) is 0.579. The van der Waals surface area contributed by atoms with Gasteiger partial charge in [-0.1, -0.05) is 36.4 Å². The van der Waals surface area contributed by atoms with E-state index in [1.165, 1.54) is 11.0 Å². The lowest BCUT2D eigenvalue weighted by Crippen LogP contribution is -2.56. The van der Waals surface area contributed by atoms with Crippen LogP contribution in [0.5, 0.6) is 0 Å². The minimum Gasteiger partial charge on any atom is -0.463 e. The molecule has 2 aliphatic rings. The van der Waals surface area contributed by atoms with Crippen molar-refractivity contribution in [3.8, 4) is 0 Å². The number of nitrogens with one attached hydrogen (secondary N) is 1. The lowest BCUT2D eigenvalue weighted by molar-refractivity contribution is -0.139. The first-order valence-corrected chi connectivity index (χ1v) is 12.7. The fourth-order valence-corrected chi connectivity index (χ4v) is 5.04. The van der Waals surface area contributed by atoms with Crippen LogP contribution in [-0.4, -0.2) is 78.0 Å². The van der Waals surface area contributed by atoms with Crippen LogP contribution in [0.25, 0.3) is 0 Å². The number of carbonyl (C=O) groups excluding carboxylic acids is 3. The minimum absolute atomic E-state index is 0.0222. The van der Waals surface area contributed by atoms with Crippen molar-refractivity contribution < 1.29 is 23.5 Å². The number of hydrogen-bond donors (Lipinski definition) is 1. The summed E-state index contributed by atoms with van der Waals surface area (Å²) in [4.78, 5) is 44.8. The first kappa shape index (κ1) is 26.3. The van der Waals surface area contributed by atoms with Gasteiger partial charge < -0.3 is 15.0 Å². The zero-order valence-electron chi connectivity index (χ0n) is 21.4. The van der Waals surface area contributed by atoms with Crippen molar-refractivity contribution in [3.05, 3.63) is 82.8 Å². The average molecular weight is 509 g/mol. The van der Waals surface area contributed by atoms with Crippen molar-refractivity contribution in [1.29, 1.82) is 0 Å². The van der Waals surface area contributed by atoms with Crippen LogP contribution >= 0.6 is 0 Å². The smallest absolute Gasteiger partial charge is 0.338 e. The van der Waals surface area contributed by atoms with Crippen LogP contribution in [0.4, 0.5) is 9.18 Å². The Balaban J connectivity index is 1.64. The van der Waals surface area contributed by atoms with E-state index >= 15 is 0 Å². The molecule has 0 aliphatic carbocycles. The molecule has 2 aliphatic heterocycles. The van der Waals surface area contributed by atoms with Crippen molar-refractivity contribution >= 4 is 17.9 Å². The molecule has 0 aromatic heterocycles. The first-order valence-electron chi connectivity index (χ1n) is 12.7. The van der Waals surface area contributed by atoms with Gasteiger partial charge in [-0.25, -0.2) is 14.0 Å². The molecule has 0 bridgehead atoms. The summed E-state index contributed by atoms with van der Waals surface area (Å²) in [6, 6.07) is 13.8. The number of ether oxygens (including phenoxy) is 1. The number of nitrogens with zero attached hydrogens (tertiary/aromatic N) is 3. The molecule has 0 unspecified atom stereocenters. The van der Waals surface area contributed by atoms with Crippen LogP contribution in [0.2, 0.25) is 0 Å². The Morgan fingerprint density at radius 2 is 1.76 bits per heavy atom. The molecule has 4 rings (SSSR count). The summed E-state index contributed by atoms with van der Waals surface area (Å²) >= 11 is 0. The van der Waals surface area contributed by atoms with Crippen LogP contribution in [0.1, 0.15) is 42.7 Å². The third kappa shape index (κ3) is 5.51. The number of rotatable bonds is 7. The lowest BCUT2D eigenvalue weighted by Gasteiger charge is -2.43. The van der Waals surface area contributed by atoms with Gasteiger partial charge >= 0.3 is 12.0 Å². The number of urea groups is 1. The largest absolute Gasteiger partial charge is 0.463 e.